The SMILES string of the molecule is CCCC(Sc1ncc(C)cn1)C(=O)OCC. The van der Waals surface area contributed by atoms with Crippen LogP contribution in [0.5, 0.6) is 0 Å². The van der Waals surface area contributed by atoms with Gasteiger partial charge in [-0.2, -0.15) is 0 Å². The van der Waals surface area contributed by atoms with Crippen molar-refractivity contribution in [2.24, 2.45) is 0 Å². The van der Waals surface area contributed by atoms with E-state index in [4.69, 9.17) is 4.74 Å². The summed E-state index contributed by atoms with van der Waals surface area (Å²) in [6.07, 6.45) is 5.22. The zero-order valence-corrected chi connectivity index (χ0v) is 11.3. The van der Waals surface area contributed by atoms with Crippen molar-refractivity contribution >= 4 is 17.7 Å². The number of nitrogens with zero attached hydrogens (tertiary/aromatic N) is 2. The van der Waals surface area contributed by atoms with Crippen LogP contribution < -0.4 is 0 Å². The lowest BCUT2D eigenvalue weighted by Gasteiger charge is -2.12. The van der Waals surface area contributed by atoms with Gasteiger partial charge in [-0.25, -0.2) is 9.97 Å². The zero-order valence-electron chi connectivity index (χ0n) is 10.5. The fourth-order valence-corrected chi connectivity index (χ4v) is 2.29. The van der Waals surface area contributed by atoms with Crippen LogP contribution in [0.25, 0.3) is 0 Å². The fraction of sp³-hybridized carbons (Fsp3) is 0.583. The van der Waals surface area contributed by atoms with Gasteiger partial charge in [0.15, 0.2) is 5.16 Å². The Hall–Kier alpha value is -1.10. The Morgan fingerprint density at radius 1 is 1.41 bits per heavy atom. The average Bonchev–Trinajstić information content (AvgIpc) is 2.31. The Morgan fingerprint density at radius 2 is 2.06 bits per heavy atom. The lowest BCUT2D eigenvalue weighted by Crippen LogP contribution is -2.20. The molecular weight excluding hydrogens is 236 g/mol. The monoisotopic (exact) mass is 254 g/mol. The van der Waals surface area contributed by atoms with Gasteiger partial charge in [0.2, 0.25) is 0 Å². The van der Waals surface area contributed by atoms with Crippen LogP contribution in [-0.4, -0.2) is 27.8 Å². The molecule has 0 spiro atoms. The molecule has 94 valence electrons. The number of aromatic nitrogens is 2. The molecule has 1 aromatic heterocycles. The zero-order chi connectivity index (χ0) is 12.7. The van der Waals surface area contributed by atoms with Crippen molar-refractivity contribution in [1.82, 2.24) is 9.97 Å². The Morgan fingerprint density at radius 3 is 2.59 bits per heavy atom. The van der Waals surface area contributed by atoms with E-state index < -0.39 is 0 Å². The molecule has 0 aromatic carbocycles. The molecule has 0 radical (unpaired) electrons. The molecule has 0 saturated carbocycles. The summed E-state index contributed by atoms with van der Waals surface area (Å²) in [6.45, 7) is 6.20. The second-order valence-electron chi connectivity index (χ2n) is 3.69. The molecule has 1 unspecified atom stereocenters. The number of hydrogen-bond acceptors (Lipinski definition) is 5. The Labute approximate surface area is 106 Å². The third-order valence-corrected chi connectivity index (χ3v) is 3.24. The Kier molecular flexibility index (Phi) is 5.97. The van der Waals surface area contributed by atoms with E-state index in [-0.39, 0.29) is 11.2 Å². The van der Waals surface area contributed by atoms with Gasteiger partial charge in [0.1, 0.15) is 5.25 Å². The van der Waals surface area contributed by atoms with Crippen molar-refractivity contribution < 1.29 is 9.53 Å². The molecule has 1 aromatic rings. The Bertz CT molecular complexity index is 354. The highest BCUT2D eigenvalue weighted by Crippen LogP contribution is 2.24. The molecule has 1 heterocycles. The van der Waals surface area contributed by atoms with E-state index in [0.29, 0.717) is 11.8 Å². The summed E-state index contributed by atoms with van der Waals surface area (Å²) in [5.41, 5.74) is 1.01. The van der Waals surface area contributed by atoms with Crippen LogP contribution in [0.4, 0.5) is 0 Å². The topological polar surface area (TPSA) is 52.1 Å². The van der Waals surface area contributed by atoms with E-state index >= 15 is 0 Å². The molecule has 1 atom stereocenters. The smallest absolute Gasteiger partial charge is 0.319 e. The van der Waals surface area contributed by atoms with Crippen molar-refractivity contribution in [3.05, 3.63) is 18.0 Å². The van der Waals surface area contributed by atoms with Crippen molar-refractivity contribution in [3.8, 4) is 0 Å². The third-order valence-electron chi connectivity index (χ3n) is 2.11. The molecule has 0 aliphatic rings. The second kappa shape index (κ2) is 7.27. The highest BCUT2D eigenvalue weighted by atomic mass is 32.2. The molecule has 0 amide bonds. The van der Waals surface area contributed by atoms with Gasteiger partial charge in [-0.15, -0.1) is 0 Å². The van der Waals surface area contributed by atoms with Crippen molar-refractivity contribution in [2.75, 3.05) is 6.61 Å². The van der Waals surface area contributed by atoms with Crippen molar-refractivity contribution in [2.45, 2.75) is 44.0 Å². The van der Waals surface area contributed by atoms with Gasteiger partial charge >= 0.3 is 5.97 Å². The van der Waals surface area contributed by atoms with Crippen LogP contribution in [0, 0.1) is 6.92 Å². The first-order chi connectivity index (χ1) is 8.17. The first-order valence-electron chi connectivity index (χ1n) is 5.79. The Balaban J connectivity index is 2.65. The molecule has 4 nitrogen and oxygen atoms in total. The number of carbonyl (C=O) groups excluding carboxylic acids is 1. The average molecular weight is 254 g/mol. The van der Waals surface area contributed by atoms with Crippen LogP contribution >= 0.6 is 11.8 Å². The van der Waals surface area contributed by atoms with Gasteiger partial charge in [0, 0.05) is 12.4 Å². The molecule has 0 bridgehead atoms. The second-order valence-corrected chi connectivity index (χ2v) is 4.86. The van der Waals surface area contributed by atoms with E-state index in [1.807, 2.05) is 20.8 Å². The lowest BCUT2D eigenvalue weighted by atomic mass is 10.2. The van der Waals surface area contributed by atoms with E-state index in [1.165, 1.54) is 11.8 Å². The summed E-state index contributed by atoms with van der Waals surface area (Å²) < 4.78 is 5.04. The number of hydrogen-bond donors (Lipinski definition) is 0. The minimum absolute atomic E-state index is 0.177. The number of thioether (sulfide) groups is 1. The summed E-state index contributed by atoms with van der Waals surface area (Å²) in [5.74, 6) is -0.177. The molecule has 0 fully saturated rings. The molecular formula is C12H18N2O2S. The predicted octanol–water partition coefficient (Wildman–Crippen LogP) is 2.61. The molecule has 0 aliphatic carbocycles. The third kappa shape index (κ3) is 4.73. The largest absolute Gasteiger partial charge is 0.465 e. The van der Waals surface area contributed by atoms with Crippen LogP contribution in [0.1, 0.15) is 32.3 Å². The van der Waals surface area contributed by atoms with Crippen molar-refractivity contribution in [1.29, 1.82) is 0 Å². The van der Waals surface area contributed by atoms with Gasteiger partial charge in [0.05, 0.1) is 6.61 Å². The normalized spacial score (nSPS) is 12.2. The van der Waals surface area contributed by atoms with Gasteiger partial charge in [-0.05, 0) is 25.8 Å². The van der Waals surface area contributed by atoms with Gasteiger partial charge < -0.3 is 4.74 Å². The van der Waals surface area contributed by atoms with E-state index in [9.17, 15) is 4.79 Å². The summed E-state index contributed by atoms with van der Waals surface area (Å²) in [7, 11) is 0. The number of ether oxygens (including phenoxy) is 1. The number of carbonyl (C=O) groups is 1. The summed E-state index contributed by atoms with van der Waals surface area (Å²) in [6, 6.07) is 0. The molecule has 1 rings (SSSR count). The maximum atomic E-state index is 11.7. The van der Waals surface area contributed by atoms with Crippen LogP contribution in [-0.2, 0) is 9.53 Å². The minimum atomic E-state index is -0.206. The molecule has 0 N–H and O–H groups in total. The van der Waals surface area contributed by atoms with Crippen LogP contribution in [0.3, 0.4) is 0 Å². The number of esters is 1. The van der Waals surface area contributed by atoms with E-state index in [2.05, 4.69) is 9.97 Å². The first kappa shape index (κ1) is 14.0. The summed E-state index contributed by atoms with van der Waals surface area (Å²) >= 11 is 1.37. The van der Waals surface area contributed by atoms with Crippen LogP contribution in [0.2, 0.25) is 0 Å². The first-order valence-corrected chi connectivity index (χ1v) is 6.67. The van der Waals surface area contributed by atoms with E-state index in [1.54, 1.807) is 12.4 Å². The maximum Gasteiger partial charge on any atom is 0.319 e. The molecule has 0 aliphatic heterocycles. The fourth-order valence-electron chi connectivity index (χ4n) is 1.29. The minimum Gasteiger partial charge on any atom is -0.465 e. The quantitative estimate of drug-likeness (QED) is 0.444. The number of rotatable bonds is 6. The molecule has 17 heavy (non-hydrogen) atoms. The van der Waals surface area contributed by atoms with E-state index in [0.717, 1.165) is 18.4 Å². The molecule has 5 heteroatoms. The maximum absolute atomic E-state index is 11.7. The highest BCUT2D eigenvalue weighted by molar-refractivity contribution is 8.00. The van der Waals surface area contributed by atoms with Crippen molar-refractivity contribution in [3.63, 3.8) is 0 Å². The van der Waals surface area contributed by atoms with Gasteiger partial charge in [0.25, 0.3) is 0 Å². The predicted molar refractivity (Wildman–Crippen MR) is 68.0 cm³/mol. The van der Waals surface area contributed by atoms with Gasteiger partial charge in [-0.3, -0.25) is 4.79 Å². The molecule has 0 saturated heterocycles. The highest BCUT2D eigenvalue weighted by Gasteiger charge is 2.21. The summed E-state index contributed by atoms with van der Waals surface area (Å²) in [5, 5.41) is 0.421. The number of aryl methyl sites for hydroxylation is 1. The van der Waals surface area contributed by atoms with Gasteiger partial charge in [-0.1, -0.05) is 25.1 Å². The van der Waals surface area contributed by atoms with Crippen LogP contribution in [0.15, 0.2) is 17.6 Å². The standard InChI is InChI=1S/C12H18N2O2S/c1-4-6-10(11(15)16-5-2)17-12-13-7-9(3)8-14-12/h7-8,10H,4-6H2,1-3H3. The summed E-state index contributed by atoms with van der Waals surface area (Å²) in [4.78, 5) is 20.1. The lowest BCUT2D eigenvalue weighted by molar-refractivity contribution is -0.142.